The Hall–Kier alpha value is -4.34. The number of fused-ring (bicyclic) bond motifs is 1. The summed E-state index contributed by atoms with van der Waals surface area (Å²) in [5.74, 6) is 1.21. The van der Waals surface area contributed by atoms with E-state index in [9.17, 15) is 9.59 Å². The van der Waals surface area contributed by atoms with Gasteiger partial charge in [-0.2, -0.15) is 0 Å². The van der Waals surface area contributed by atoms with Gasteiger partial charge in [-0.05, 0) is 75.2 Å². The zero-order valence-electron chi connectivity index (χ0n) is 25.0. The molecule has 0 fully saturated rings. The van der Waals surface area contributed by atoms with Crippen LogP contribution >= 0.6 is 22.9 Å². The predicted molar refractivity (Wildman–Crippen MR) is 171 cm³/mol. The summed E-state index contributed by atoms with van der Waals surface area (Å²) in [6, 6.07) is 19.6. The first-order valence-electron chi connectivity index (χ1n) is 14.4. The topological polar surface area (TPSA) is 88.4 Å². The molecule has 1 atom stereocenters. The van der Waals surface area contributed by atoms with Crippen molar-refractivity contribution in [3.63, 3.8) is 0 Å². The lowest BCUT2D eigenvalue weighted by Crippen LogP contribution is -2.40. The van der Waals surface area contributed by atoms with Crippen molar-refractivity contribution in [3.05, 3.63) is 119 Å². The second kappa shape index (κ2) is 14.0. The van der Waals surface area contributed by atoms with E-state index in [1.165, 1.54) is 11.3 Å². The number of thiazole rings is 1. The summed E-state index contributed by atoms with van der Waals surface area (Å²) < 4.78 is 25.3. The number of benzene rings is 3. The minimum atomic E-state index is -0.766. The van der Waals surface area contributed by atoms with Crippen molar-refractivity contribution in [2.45, 2.75) is 40.3 Å². The van der Waals surface area contributed by atoms with Gasteiger partial charge in [-0.1, -0.05) is 59.3 Å². The van der Waals surface area contributed by atoms with Gasteiger partial charge < -0.3 is 18.9 Å². The molecule has 5 rings (SSSR count). The van der Waals surface area contributed by atoms with Gasteiger partial charge in [0.15, 0.2) is 16.3 Å². The monoisotopic (exact) mass is 632 g/mol. The molecule has 228 valence electrons. The van der Waals surface area contributed by atoms with E-state index in [1.54, 1.807) is 24.5 Å². The molecule has 0 saturated heterocycles. The van der Waals surface area contributed by atoms with Gasteiger partial charge in [-0.3, -0.25) is 9.36 Å². The Morgan fingerprint density at radius 3 is 2.39 bits per heavy atom. The molecule has 4 aromatic rings. The molecule has 0 aliphatic carbocycles. The van der Waals surface area contributed by atoms with Crippen molar-refractivity contribution in [3.8, 4) is 17.2 Å². The first-order chi connectivity index (χ1) is 21.3. The molecule has 44 heavy (non-hydrogen) atoms. The van der Waals surface area contributed by atoms with Crippen LogP contribution in [-0.2, 0) is 16.1 Å². The fourth-order valence-electron chi connectivity index (χ4n) is 4.97. The lowest BCUT2D eigenvalue weighted by atomic mass is 9.95. The Morgan fingerprint density at radius 2 is 1.66 bits per heavy atom. The van der Waals surface area contributed by atoms with E-state index in [2.05, 4.69) is 4.99 Å². The average molecular weight is 633 g/mol. The number of allylic oxidation sites excluding steroid dienone is 1. The van der Waals surface area contributed by atoms with Crippen LogP contribution in [0, 0.1) is 0 Å². The lowest BCUT2D eigenvalue weighted by molar-refractivity contribution is -0.139. The number of nitrogens with zero attached hydrogens (tertiary/aromatic N) is 2. The Bertz CT molecular complexity index is 1880. The van der Waals surface area contributed by atoms with Gasteiger partial charge in [0, 0.05) is 10.6 Å². The van der Waals surface area contributed by atoms with Gasteiger partial charge in [-0.15, -0.1) is 0 Å². The van der Waals surface area contributed by atoms with E-state index in [4.69, 9.17) is 30.5 Å². The largest absolute Gasteiger partial charge is 0.494 e. The summed E-state index contributed by atoms with van der Waals surface area (Å²) in [6.45, 7) is 8.71. The van der Waals surface area contributed by atoms with E-state index in [0.29, 0.717) is 68.3 Å². The Kier molecular flexibility index (Phi) is 9.87. The van der Waals surface area contributed by atoms with Crippen LogP contribution in [0.3, 0.4) is 0 Å². The molecule has 1 aromatic heterocycles. The van der Waals surface area contributed by atoms with Crippen molar-refractivity contribution < 1.29 is 23.7 Å². The maximum atomic E-state index is 14.1. The quantitative estimate of drug-likeness (QED) is 0.193. The number of rotatable bonds is 11. The molecule has 10 heteroatoms. The van der Waals surface area contributed by atoms with E-state index < -0.39 is 12.0 Å². The third kappa shape index (κ3) is 6.59. The van der Waals surface area contributed by atoms with Crippen molar-refractivity contribution >= 4 is 35.0 Å². The van der Waals surface area contributed by atoms with Gasteiger partial charge in [0.25, 0.3) is 5.56 Å². The summed E-state index contributed by atoms with van der Waals surface area (Å²) in [7, 11) is 0. The van der Waals surface area contributed by atoms with Crippen LogP contribution in [0.5, 0.6) is 17.2 Å². The number of hydrogen-bond acceptors (Lipinski definition) is 8. The standard InChI is InChI=1S/C34H33ClN2O6S/c1-5-40-26-11-9-8-10-25(26)31-30(33(39)42-7-3)21(4)36-34-37(31)32(38)29(44-34)19-23-14-17-27(28(18-23)41-6-2)43-20-22-12-15-24(35)16-13-22/h8-19,31H,5-7,20H2,1-4H3/b29-19-/t31-/m1/s1. The van der Waals surface area contributed by atoms with Crippen molar-refractivity contribution in [2.24, 2.45) is 4.99 Å². The highest BCUT2D eigenvalue weighted by molar-refractivity contribution is 7.07. The minimum Gasteiger partial charge on any atom is -0.494 e. The van der Waals surface area contributed by atoms with Crippen LogP contribution in [0.1, 0.15) is 50.4 Å². The zero-order valence-corrected chi connectivity index (χ0v) is 26.5. The minimum absolute atomic E-state index is 0.196. The normalized spacial score (nSPS) is 14.6. The molecular formula is C34H33ClN2O6S. The highest BCUT2D eigenvalue weighted by atomic mass is 35.5. The van der Waals surface area contributed by atoms with E-state index in [0.717, 1.165) is 11.1 Å². The number of ether oxygens (including phenoxy) is 4. The molecule has 3 aromatic carbocycles. The van der Waals surface area contributed by atoms with Crippen LogP contribution in [0.15, 0.2) is 87.8 Å². The van der Waals surface area contributed by atoms with Crippen LogP contribution in [-0.4, -0.2) is 30.4 Å². The highest BCUT2D eigenvalue weighted by Gasteiger charge is 2.35. The molecule has 0 radical (unpaired) electrons. The number of carbonyl (C=O) groups is 1. The van der Waals surface area contributed by atoms with Crippen LogP contribution in [0.4, 0.5) is 0 Å². The molecule has 8 nitrogen and oxygen atoms in total. The SMILES string of the molecule is CCOC(=O)C1=C(C)N=c2s/c(=C\c3ccc(OCc4ccc(Cl)cc4)c(OCC)c3)c(=O)n2[C@@H]1c1ccccc1OCC. The lowest BCUT2D eigenvalue weighted by Gasteiger charge is -2.26. The van der Waals surface area contributed by atoms with Gasteiger partial charge >= 0.3 is 5.97 Å². The molecule has 0 unspecified atom stereocenters. The predicted octanol–water partition coefficient (Wildman–Crippen LogP) is 5.83. The van der Waals surface area contributed by atoms with Crippen LogP contribution in [0.2, 0.25) is 5.02 Å². The second-order valence-electron chi connectivity index (χ2n) is 9.83. The molecule has 0 amide bonds. The third-order valence-electron chi connectivity index (χ3n) is 6.90. The number of halogens is 1. The van der Waals surface area contributed by atoms with Gasteiger partial charge in [-0.25, -0.2) is 9.79 Å². The number of esters is 1. The molecular weight excluding hydrogens is 600 g/mol. The molecule has 0 spiro atoms. The highest BCUT2D eigenvalue weighted by Crippen LogP contribution is 2.36. The van der Waals surface area contributed by atoms with Crippen molar-refractivity contribution in [2.75, 3.05) is 19.8 Å². The first kappa shape index (κ1) is 31.1. The molecule has 0 bridgehead atoms. The summed E-state index contributed by atoms with van der Waals surface area (Å²) in [4.78, 5) is 32.5. The van der Waals surface area contributed by atoms with Crippen molar-refractivity contribution in [1.29, 1.82) is 0 Å². The Morgan fingerprint density at radius 1 is 0.932 bits per heavy atom. The second-order valence-corrected chi connectivity index (χ2v) is 11.3. The Balaban J connectivity index is 1.57. The smallest absolute Gasteiger partial charge is 0.338 e. The van der Waals surface area contributed by atoms with Crippen LogP contribution < -0.4 is 29.1 Å². The first-order valence-corrected chi connectivity index (χ1v) is 15.6. The van der Waals surface area contributed by atoms with Gasteiger partial charge in [0.1, 0.15) is 18.4 Å². The maximum Gasteiger partial charge on any atom is 0.338 e. The maximum absolute atomic E-state index is 14.1. The molecule has 1 aliphatic rings. The number of para-hydroxylation sites is 1. The molecule has 0 saturated carbocycles. The van der Waals surface area contributed by atoms with Gasteiger partial charge in [0.2, 0.25) is 0 Å². The summed E-state index contributed by atoms with van der Waals surface area (Å²) in [5.41, 5.74) is 2.93. The van der Waals surface area contributed by atoms with Crippen LogP contribution in [0.25, 0.3) is 6.08 Å². The fourth-order valence-corrected chi connectivity index (χ4v) is 6.15. The summed E-state index contributed by atoms with van der Waals surface area (Å²) in [6.07, 6.45) is 1.80. The van der Waals surface area contributed by atoms with E-state index in [-0.39, 0.29) is 12.2 Å². The van der Waals surface area contributed by atoms with E-state index in [1.807, 2.05) is 80.6 Å². The number of hydrogen-bond donors (Lipinski definition) is 0. The fraction of sp³-hybridized carbons (Fsp3) is 0.265. The molecule has 1 aliphatic heterocycles. The summed E-state index contributed by atoms with van der Waals surface area (Å²) >= 11 is 7.26. The average Bonchev–Trinajstić information content (AvgIpc) is 3.31. The Labute approximate surface area is 264 Å². The number of aromatic nitrogens is 1. The van der Waals surface area contributed by atoms with Crippen molar-refractivity contribution in [1.82, 2.24) is 4.57 Å². The van der Waals surface area contributed by atoms with E-state index >= 15 is 0 Å². The number of carbonyl (C=O) groups excluding carboxylic acids is 1. The third-order valence-corrected chi connectivity index (χ3v) is 8.14. The molecule has 0 N–H and O–H groups in total. The zero-order chi connectivity index (χ0) is 31.2. The summed E-state index contributed by atoms with van der Waals surface area (Å²) in [5, 5.41) is 0.662. The van der Waals surface area contributed by atoms with Gasteiger partial charge in [0.05, 0.1) is 35.6 Å². The molecule has 2 heterocycles.